The maximum atomic E-state index is 4.39. The van der Waals surface area contributed by atoms with Crippen molar-refractivity contribution >= 4 is 17.5 Å². The summed E-state index contributed by atoms with van der Waals surface area (Å²) in [5.74, 6) is 0.467. The van der Waals surface area contributed by atoms with Gasteiger partial charge < -0.3 is 0 Å². The number of allylic oxidation sites excluding steroid dienone is 1. The number of fused-ring (bicyclic) bond motifs is 1. The Hall–Kier alpha value is -1.37. The lowest BCUT2D eigenvalue weighted by atomic mass is 9.98. The Bertz CT molecular complexity index is 402. The standard InChI is InChI=1S/C13H15N.C2H6/c1-4-9(2)11-5-6-12-10(3)8-14-13(12)7-11;1-2/h5-8,10H,2,4H2,1,3H3;1-2H3. The second kappa shape index (κ2) is 5.64. The Labute approximate surface area is 98.9 Å². The van der Waals surface area contributed by atoms with Crippen molar-refractivity contribution in [2.45, 2.75) is 40.0 Å². The number of nitrogens with zero attached hydrogens (tertiary/aromatic N) is 1. The summed E-state index contributed by atoms with van der Waals surface area (Å²) in [6.07, 6.45) is 3.00. The maximum absolute atomic E-state index is 4.39. The third kappa shape index (κ3) is 2.41. The minimum absolute atomic E-state index is 0.467. The lowest BCUT2D eigenvalue weighted by Gasteiger charge is -2.06. The molecule has 0 bridgehead atoms. The van der Waals surface area contributed by atoms with Crippen LogP contribution in [0.25, 0.3) is 5.57 Å². The van der Waals surface area contributed by atoms with Crippen LogP contribution in [0, 0.1) is 0 Å². The van der Waals surface area contributed by atoms with E-state index in [4.69, 9.17) is 0 Å². The molecule has 0 radical (unpaired) electrons. The van der Waals surface area contributed by atoms with Gasteiger partial charge in [-0.3, -0.25) is 4.99 Å². The van der Waals surface area contributed by atoms with Gasteiger partial charge in [-0.2, -0.15) is 0 Å². The predicted octanol–water partition coefficient (Wildman–Crippen LogP) is 4.96. The fourth-order valence-electron chi connectivity index (χ4n) is 1.74. The molecule has 0 N–H and O–H groups in total. The lowest BCUT2D eigenvalue weighted by Crippen LogP contribution is -1.88. The van der Waals surface area contributed by atoms with Gasteiger partial charge in [0, 0.05) is 12.1 Å². The van der Waals surface area contributed by atoms with E-state index >= 15 is 0 Å². The fraction of sp³-hybridized carbons (Fsp3) is 0.400. The molecule has 1 aromatic rings. The van der Waals surface area contributed by atoms with Crippen LogP contribution in [0.4, 0.5) is 5.69 Å². The quantitative estimate of drug-likeness (QED) is 0.661. The molecule has 0 amide bonds. The number of benzene rings is 1. The summed E-state index contributed by atoms with van der Waals surface area (Å²) in [5.41, 5.74) is 4.85. The fourth-order valence-corrected chi connectivity index (χ4v) is 1.74. The van der Waals surface area contributed by atoms with E-state index in [0.717, 1.165) is 12.1 Å². The number of aliphatic imine (C=N–C) groups is 1. The molecular weight excluding hydrogens is 194 g/mol. The molecule has 0 saturated heterocycles. The molecule has 1 heterocycles. The first kappa shape index (κ1) is 12.7. The Balaban J connectivity index is 0.000000606. The highest BCUT2D eigenvalue weighted by atomic mass is 14.8. The molecule has 0 spiro atoms. The normalized spacial score (nSPS) is 16.4. The van der Waals surface area contributed by atoms with Gasteiger partial charge in [-0.15, -0.1) is 0 Å². The summed E-state index contributed by atoms with van der Waals surface area (Å²) in [7, 11) is 0. The smallest absolute Gasteiger partial charge is 0.0670 e. The summed E-state index contributed by atoms with van der Waals surface area (Å²) in [6, 6.07) is 6.46. The van der Waals surface area contributed by atoms with Crippen molar-refractivity contribution in [1.29, 1.82) is 0 Å². The SMILES string of the molecule is C=C(CC)c1ccc2c(c1)N=CC2C.CC. The third-order valence-electron chi connectivity index (χ3n) is 2.79. The van der Waals surface area contributed by atoms with E-state index in [1.807, 2.05) is 20.1 Å². The molecule has 1 aliphatic rings. The van der Waals surface area contributed by atoms with Crippen molar-refractivity contribution in [1.82, 2.24) is 0 Å². The highest BCUT2D eigenvalue weighted by Crippen LogP contribution is 2.34. The minimum atomic E-state index is 0.467. The summed E-state index contributed by atoms with van der Waals surface area (Å²) >= 11 is 0. The van der Waals surface area contributed by atoms with Crippen LogP contribution in [0.2, 0.25) is 0 Å². The zero-order chi connectivity index (χ0) is 12.1. The Kier molecular flexibility index (Phi) is 4.48. The first-order chi connectivity index (χ1) is 7.72. The van der Waals surface area contributed by atoms with Crippen LogP contribution in [0.3, 0.4) is 0 Å². The van der Waals surface area contributed by atoms with Crippen molar-refractivity contribution in [3.8, 4) is 0 Å². The summed E-state index contributed by atoms with van der Waals surface area (Å²) in [5, 5.41) is 0. The van der Waals surface area contributed by atoms with Crippen molar-refractivity contribution in [3.05, 3.63) is 35.9 Å². The minimum Gasteiger partial charge on any atom is -0.260 e. The van der Waals surface area contributed by atoms with Crippen LogP contribution in [-0.2, 0) is 0 Å². The zero-order valence-corrected chi connectivity index (χ0v) is 10.7. The molecule has 2 rings (SSSR count). The second-order valence-corrected chi connectivity index (χ2v) is 3.80. The molecule has 16 heavy (non-hydrogen) atoms. The zero-order valence-electron chi connectivity index (χ0n) is 10.7. The summed E-state index contributed by atoms with van der Waals surface area (Å²) < 4.78 is 0. The van der Waals surface area contributed by atoms with Crippen molar-refractivity contribution < 1.29 is 0 Å². The van der Waals surface area contributed by atoms with Crippen LogP contribution in [0.5, 0.6) is 0 Å². The summed E-state index contributed by atoms with van der Waals surface area (Å²) in [4.78, 5) is 4.39. The molecule has 0 saturated carbocycles. The van der Waals surface area contributed by atoms with Crippen LogP contribution < -0.4 is 0 Å². The summed E-state index contributed by atoms with van der Waals surface area (Å²) in [6.45, 7) is 12.3. The van der Waals surface area contributed by atoms with Gasteiger partial charge in [-0.1, -0.05) is 46.4 Å². The van der Waals surface area contributed by atoms with E-state index in [1.54, 1.807) is 0 Å². The highest BCUT2D eigenvalue weighted by Gasteiger charge is 2.14. The maximum Gasteiger partial charge on any atom is 0.0670 e. The van der Waals surface area contributed by atoms with Gasteiger partial charge in [-0.25, -0.2) is 0 Å². The molecule has 1 heteroatoms. The van der Waals surface area contributed by atoms with Crippen molar-refractivity contribution in [2.24, 2.45) is 4.99 Å². The van der Waals surface area contributed by atoms with Gasteiger partial charge in [0.05, 0.1) is 5.69 Å². The Morgan fingerprint density at radius 1 is 1.38 bits per heavy atom. The predicted molar refractivity (Wildman–Crippen MR) is 73.7 cm³/mol. The van der Waals surface area contributed by atoms with E-state index in [1.165, 1.54) is 16.7 Å². The largest absolute Gasteiger partial charge is 0.260 e. The van der Waals surface area contributed by atoms with Crippen LogP contribution >= 0.6 is 0 Å². The molecule has 1 atom stereocenters. The topological polar surface area (TPSA) is 12.4 Å². The second-order valence-electron chi connectivity index (χ2n) is 3.80. The highest BCUT2D eigenvalue weighted by molar-refractivity contribution is 5.82. The molecule has 86 valence electrons. The monoisotopic (exact) mass is 215 g/mol. The Morgan fingerprint density at radius 3 is 2.69 bits per heavy atom. The van der Waals surface area contributed by atoms with Crippen molar-refractivity contribution in [3.63, 3.8) is 0 Å². The van der Waals surface area contributed by atoms with Gasteiger partial charge in [0.2, 0.25) is 0 Å². The van der Waals surface area contributed by atoms with Gasteiger partial charge in [0.1, 0.15) is 0 Å². The van der Waals surface area contributed by atoms with E-state index in [2.05, 4.69) is 43.6 Å². The van der Waals surface area contributed by atoms with Crippen LogP contribution in [0.1, 0.15) is 51.2 Å². The molecule has 0 aromatic heterocycles. The molecule has 1 nitrogen and oxygen atoms in total. The number of hydrogen-bond acceptors (Lipinski definition) is 1. The van der Waals surface area contributed by atoms with Gasteiger partial charge in [0.25, 0.3) is 0 Å². The van der Waals surface area contributed by atoms with Gasteiger partial charge >= 0.3 is 0 Å². The Morgan fingerprint density at radius 2 is 2.06 bits per heavy atom. The first-order valence-electron chi connectivity index (χ1n) is 6.08. The van der Waals surface area contributed by atoms with Gasteiger partial charge in [0.15, 0.2) is 0 Å². The molecule has 0 aliphatic carbocycles. The molecule has 1 aromatic carbocycles. The van der Waals surface area contributed by atoms with Gasteiger partial charge in [-0.05, 0) is 29.2 Å². The molecule has 0 fully saturated rings. The average molecular weight is 215 g/mol. The third-order valence-corrected chi connectivity index (χ3v) is 2.79. The lowest BCUT2D eigenvalue weighted by molar-refractivity contribution is 1.08. The number of hydrogen-bond donors (Lipinski definition) is 0. The average Bonchev–Trinajstić information content (AvgIpc) is 2.72. The first-order valence-corrected chi connectivity index (χ1v) is 6.08. The van der Waals surface area contributed by atoms with E-state index in [-0.39, 0.29) is 0 Å². The van der Waals surface area contributed by atoms with Crippen LogP contribution in [-0.4, -0.2) is 6.21 Å². The van der Waals surface area contributed by atoms with Crippen LogP contribution in [0.15, 0.2) is 29.8 Å². The molecule has 1 aliphatic heterocycles. The molecular formula is C15H21N. The number of rotatable bonds is 2. The van der Waals surface area contributed by atoms with E-state index in [9.17, 15) is 0 Å². The molecule has 1 unspecified atom stereocenters. The van der Waals surface area contributed by atoms with E-state index < -0.39 is 0 Å². The van der Waals surface area contributed by atoms with E-state index in [0.29, 0.717) is 5.92 Å². The van der Waals surface area contributed by atoms with Crippen molar-refractivity contribution in [2.75, 3.05) is 0 Å².